The molecule has 0 aliphatic carbocycles. The Bertz CT molecular complexity index is 409. The molecule has 8 heteroatoms. The van der Waals surface area contributed by atoms with Gasteiger partial charge in [0.2, 0.25) is 0 Å². The standard InChI is InChI=1S/C12H12F6O2/c13-11(14,15)7-1-2-10(19)8-3-5-9(6-4-8)20-12(16,17)18/h3-6,10,19H,1-2,7H2. The fourth-order valence-corrected chi connectivity index (χ4v) is 1.55. The summed E-state index contributed by atoms with van der Waals surface area (Å²) in [6, 6.07) is 4.35. The maximum absolute atomic E-state index is 11.9. The van der Waals surface area contributed by atoms with Crippen LogP contribution in [-0.4, -0.2) is 17.6 Å². The largest absolute Gasteiger partial charge is 0.573 e. The smallest absolute Gasteiger partial charge is 0.406 e. The van der Waals surface area contributed by atoms with E-state index in [-0.39, 0.29) is 18.4 Å². The molecule has 0 amide bonds. The summed E-state index contributed by atoms with van der Waals surface area (Å²) in [6.45, 7) is 0. The van der Waals surface area contributed by atoms with Crippen molar-refractivity contribution >= 4 is 0 Å². The third-order valence-electron chi connectivity index (χ3n) is 2.44. The third-order valence-corrected chi connectivity index (χ3v) is 2.44. The van der Waals surface area contributed by atoms with E-state index in [0.717, 1.165) is 12.1 Å². The van der Waals surface area contributed by atoms with Gasteiger partial charge in [-0.2, -0.15) is 13.2 Å². The van der Waals surface area contributed by atoms with Crippen LogP contribution in [-0.2, 0) is 0 Å². The minimum absolute atomic E-state index is 0.126. The first-order chi connectivity index (χ1) is 9.07. The molecular formula is C12H12F6O2. The van der Waals surface area contributed by atoms with Gasteiger partial charge in [0, 0.05) is 6.42 Å². The number of alkyl halides is 6. The van der Waals surface area contributed by atoms with Crippen LogP contribution in [0.2, 0.25) is 0 Å². The van der Waals surface area contributed by atoms with Gasteiger partial charge in [-0.3, -0.25) is 0 Å². The number of aliphatic hydroxyl groups excluding tert-OH is 1. The predicted octanol–water partition coefficient (Wildman–Crippen LogP) is 4.35. The van der Waals surface area contributed by atoms with Crippen LogP contribution >= 0.6 is 0 Å². The molecule has 1 aromatic carbocycles. The predicted molar refractivity (Wildman–Crippen MR) is 58.0 cm³/mol. The maximum atomic E-state index is 11.9. The molecule has 0 aliphatic heterocycles. The van der Waals surface area contributed by atoms with E-state index in [0.29, 0.717) is 0 Å². The molecule has 0 aliphatic rings. The molecule has 1 aromatic rings. The molecule has 0 saturated heterocycles. The summed E-state index contributed by atoms with van der Waals surface area (Å²) in [7, 11) is 0. The van der Waals surface area contributed by atoms with Crippen molar-refractivity contribution in [2.75, 3.05) is 0 Å². The summed E-state index contributed by atoms with van der Waals surface area (Å²) in [5.74, 6) is -0.455. The average molecular weight is 302 g/mol. The molecule has 0 bridgehead atoms. The molecule has 0 aromatic heterocycles. The van der Waals surface area contributed by atoms with E-state index in [1.165, 1.54) is 12.1 Å². The first kappa shape index (κ1) is 16.6. The summed E-state index contributed by atoms with van der Waals surface area (Å²) in [4.78, 5) is 0. The SMILES string of the molecule is OC(CCCC(F)(F)F)c1ccc(OC(F)(F)F)cc1. The van der Waals surface area contributed by atoms with Gasteiger partial charge in [0.15, 0.2) is 0 Å². The van der Waals surface area contributed by atoms with E-state index in [9.17, 15) is 31.4 Å². The Labute approximate surface area is 111 Å². The van der Waals surface area contributed by atoms with Gasteiger partial charge in [0.25, 0.3) is 0 Å². The van der Waals surface area contributed by atoms with Crippen LogP contribution in [0.25, 0.3) is 0 Å². The number of aliphatic hydroxyl groups is 1. The van der Waals surface area contributed by atoms with Crippen molar-refractivity contribution in [3.63, 3.8) is 0 Å². The van der Waals surface area contributed by atoms with Crippen LogP contribution in [0, 0.1) is 0 Å². The average Bonchev–Trinajstić information content (AvgIpc) is 2.25. The highest BCUT2D eigenvalue weighted by Gasteiger charge is 2.31. The van der Waals surface area contributed by atoms with Gasteiger partial charge in [-0.25, -0.2) is 0 Å². The molecule has 1 N–H and O–H groups in total. The van der Waals surface area contributed by atoms with Crippen molar-refractivity contribution in [1.29, 1.82) is 0 Å². The Kier molecular flexibility index (Phi) is 5.27. The van der Waals surface area contributed by atoms with Gasteiger partial charge >= 0.3 is 12.5 Å². The highest BCUT2D eigenvalue weighted by molar-refractivity contribution is 5.28. The molecular weight excluding hydrogens is 290 g/mol. The quantitative estimate of drug-likeness (QED) is 0.819. The van der Waals surface area contributed by atoms with Gasteiger partial charge in [0.1, 0.15) is 5.75 Å². The number of hydrogen-bond donors (Lipinski definition) is 1. The van der Waals surface area contributed by atoms with Gasteiger partial charge in [-0.05, 0) is 30.5 Å². The van der Waals surface area contributed by atoms with Crippen molar-refractivity contribution in [1.82, 2.24) is 0 Å². The normalized spacial score (nSPS) is 14.2. The fraction of sp³-hybridized carbons (Fsp3) is 0.500. The molecule has 1 unspecified atom stereocenters. The van der Waals surface area contributed by atoms with Crippen LogP contribution in [0.4, 0.5) is 26.3 Å². The lowest BCUT2D eigenvalue weighted by atomic mass is 10.0. The number of ether oxygens (including phenoxy) is 1. The molecule has 114 valence electrons. The van der Waals surface area contributed by atoms with Crippen LogP contribution in [0.15, 0.2) is 24.3 Å². The Morgan fingerprint density at radius 2 is 1.55 bits per heavy atom. The molecule has 1 rings (SSSR count). The van der Waals surface area contributed by atoms with Crippen molar-refractivity contribution < 1.29 is 36.2 Å². The van der Waals surface area contributed by atoms with Crippen molar-refractivity contribution in [3.8, 4) is 5.75 Å². The van der Waals surface area contributed by atoms with E-state index in [1.54, 1.807) is 0 Å². The number of hydrogen-bond acceptors (Lipinski definition) is 2. The van der Waals surface area contributed by atoms with E-state index in [4.69, 9.17) is 0 Å². The summed E-state index contributed by atoms with van der Waals surface area (Å²) in [6.07, 6.45) is -11.7. The molecule has 0 fully saturated rings. The molecule has 20 heavy (non-hydrogen) atoms. The molecule has 2 nitrogen and oxygen atoms in total. The maximum Gasteiger partial charge on any atom is 0.573 e. The van der Waals surface area contributed by atoms with Gasteiger partial charge in [-0.1, -0.05) is 12.1 Å². The summed E-state index contributed by atoms with van der Waals surface area (Å²) in [5, 5.41) is 9.61. The Hall–Kier alpha value is -1.44. The topological polar surface area (TPSA) is 29.5 Å². The van der Waals surface area contributed by atoms with Crippen molar-refractivity contribution in [2.24, 2.45) is 0 Å². The number of benzene rings is 1. The van der Waals surface area contributed by atoms with Crippen LogP contribution in [0.1, 0.15) is 30.9 Å². The molecule has 0 radical (unpaired) electrons. The lowest BCUT2D eigenvalue weighted by molar-refractivity contribution is -0.274. The summed E-state index contributed by atoms with van der Waals surface area (Å²) >= 11 is 0. The first-order valence-electron chi connectivity index (χ1n) is 5.67. The van der Waals surface area contributed by atoms with Gasteiger partial charge < -0.3 is 9.84 Å². The summed E-state index contributed by atoms with van der Waals surface area (Å²) in [5.41, 5.74) is 0.238. The highest BCUT2D eigenvalue weighted by atomic mass is 19.4. The summed E-state index contributed by atoms with van der Waals surface area (Å²) < 4.78 is 75.1. The second kappa shape index (κ2) is 6.34. The third kappa shape index (κ3) is 6.65. The van der Waals surface area contributed by atoms with E-state index in [1.807, 2.05) is 0 Å². The van der Waals surface area contributed by atoms with E-state index >= 15 is 0 Å². The zero-order valence-electron chi connectivity index (χ0n) is 10.1. The fourth-order valence-electron chi connectivity index (χ4n) is 1.55. The Morgan fingerprint density at radius 1 is 1.00 bits per heavy atom. The highest BCUT2D eigenvalue weighted by Crippen LogP contribution is 2.28. The van der Waals surface area contributed by atoms with E-state index < -0.39 is 30.8 Å². The minimum Gasteiger partial charge on any atom is -0.406 e. The lowest BCUT2D eigenvalue weighted by Gasteiger charge is -2.13. The van der Waals surface area contributed by atoms with Crippen LogP contribution in [0.5, 0.6) is 5.75 Å². The van der Waals surface area contributed by atoms with Crippen LogP contribution < -0.4 is 4.74 Å². The molecule has 1 atom stereocenters. The number of halogens is 6. The zero-order chi connectivity index (χ0) is 15.4. The second-order valence-electron chi connectivity index (χ2n) is 4.14. The van der Waals surface area contributed by atoms with Gasteiger partial charge in [0.05, 0.1) is 6.10 Å². The minimum atomic E-state index is -4.81. The molecule has 0 heterocycles. The zero-order valence-corrected chi connectivity index (χ0v) is 10.1. The van der Waals surface area contributed by atoms with Crippen LogP contribution in [0.3, 0.4) is 0 Å². The molecule has 0 spiro atoms. The first-order valence-corrected chi connectivity index (χ1v) is 5.67. The Balaban J connectivity index is 2.51. The second-order valence-corrected chi connectivity index (χ2v) is 4.14. The van der Waals surface area contributed by atoms with Crippen molar-refractivity contribution in [2.45, 2.75) is 37.9 Å². The monoisotopic (exact) mass is 302 g/mol. The lowest BCUT2D eigenvalue weighted by Crippen LogP contribution is -2.17. The number of rotatable bonds is 5. The van der Waals surface area contributed by atoms with Crippen molar-refractivity contribution in [3.05, 3.63) is 29.8 Å². The van der Waals surface area contributed by atoms with Gasteiger partial charge in [-0.15, -0.1) is 13.2 Å². The Morgan fingerprint density at radius 3 is 2.00 bits per heavy atom. The molecule has 0 saturated carbocycles. The van der Waals surface area contributed by atoms with E-state index in [2.05, 4.69) is 4.74 Å².